The van der Waals surface area contributed by atoms with Gasteiger partial charge in [-0.05, 0) is 19.9 Å². The lowest BCUT2D eigenvalue weighted by atomic mass is 10.1. The largest absolute Gasteiger partial charge is 0.417 e. The Balaban J connectivity index is 1.86. The number of anilines is 3. The zero-order chi connectivity index (χ0) is 22.2. The van der Waals surface area contributed by atoms with Crippen molar-refractivity contribution in [3.05, 3.63) is 23.9 Å². The van der Waals surface area contributed by atoms with Crippen LogP contribution in [0, 0.1) is 0 Å². The molecule has 2 aromatic rings. The number of pyridine rings is 1. The zero-order valence-corrected chi connectivity index (χ0v) is 17.4. The first-order chi connectivity index (χ1) is 14.7. The van der Waals surface area contributed by atoms with E-state index in [9.17, 15) is 13.2 Å². The van der Waals surface area contributed by atoms with E-state index in [0.29, 0.717) is 51.3 Å². The number of halogens is 3. The molecule has 0 aromatic carbocycles. The van der Waals surface area contributed by atoms with Crippen molar-refractivity contribution >= 4 is 17.6 Å². The van der Waals surface area contributed by atoms with Crippen molar-refractivity contribution in [3.63, 3.8) is 0 Å². The number of ether oxygens (including phenoxy) is 2. The second kappa shape index (κ2) is 8.46. The Labute approximate surface area is 178 Å². The molecule has 31 heavy (non-hydrogen) atoms. The first kappa shape index (κ1) is 21.6. The third-order valence-corrected chi connectivity index (χ3v) is 5.49. The molecule has 2 N–H and O–H groups in total. The van der Waals surface area contributed by atoms with Gasteiger partial charge in [0.25, 0.3) is 0 Å². The summed E-state index contributed by atoms with van der Waals surface area (Å²) in [6, 6.07) is 2.44. The summed E-state index contributed by atoms with van der Waals surface area (Å²) in [5.41, 5.74) is 4.69. The molecule has 4 heterocycles. The standard InChI is InChI=1S/C20H25F3N6O2/c1-12-10-30-5-3-28(12)18-8-16(14-9-25-17(24)7-15(14)20(21,22)23)26-19(27-18)29-4-6-31-11-13(29)2/h7-9,12-13H,3-6,10-11H2,1-2H3,(H2,24,25). The molecule has 2 unspecified atom stereocenters. The first-order valence-corrected chi connectivity index (χ1v) is 10.1. The number of alkyl halides is 3. The molecule has 2 atom stereocenters. The average Bonchev–Trinajstić information content (AvgIpc) is 2.73. The Hall–Kier alpha value is -2.66. The van der Waals surface area contributed by atoms with Crippen LogP contribution in [0.2, 0.25) is 0 Å². The van der Waals surface area contributed by atoms with Crippen LogP contribution in [0.4, 0.5) is 30.8 Å². The summed E-state index contributed by atoms with van der Waals surface area (Å²) in [6.45, 7) is 7.12. The number of rotatable bonds is 3. The molecule has 11 heteroatoms. The number of morpholine rings is 2. The quantitative estimate of drug-likeness (QED) is 0.782. The van der Waals surface area contributed by atoms with Crippen molar-refractivity contribution in [1.82, 2.24) is 15.0 Å². The number of hydrogen-bond donors (Lipinski definition) is 1. The van der Waals surface area contributed by atoms with Crippen molar-refractivity contribution in [2.75, 3.05) is 55.1 Å². The van der Waals surface area contributed by atoms with Gasteiger partial charge in [0.05, 0.1) is 49.8 Å². The molecule has 0 amide bonds. The molecule has 0 radical (unpaired) electrons. The van der Waals surface area contributed by atoms with E-state index in [0.717, 1.165) is 12.3 Å². The maximum Gasteiger partial charge on any atom is 0.417 e. The molecule has 0 bridgehead atoms. The molecule has 2 aliphatic heterocycles. The van der Waals surface area contributed by atoms with Gasteiger partial charge in [0, 0.05) is 30.9 Å². The fraction of sp³-hybridized carbons (Fsp3) is 0.550. The van der Waals surface area contributed by atoms with Crippen LogP contribution in [0.1, 0.15) is 19.4 Å². The van der Waals surface area contributed by atoms with Crippen LogP contribution in [0.3, 0.4) is 0 Å². The molecule has 8 nitrogen and oxygen atoms in total. The van der Waals surface area contributed by atoms with Crippen LogP contribution in [0.15, 0.2) is 18.3 Å². The van der Waals surface area contributed by atoms with Crippen LogP contribution < -0.4 is 15.5 Å². The lowest BCUT2D eigenvalue weighted by Crippen LogP contribution is -2.46. The number of nitrogen functional groups attached to an aromatic ring is 1. The van der Waals surface area contributed by atoms with E-state index >= 15 is 0 Å². The highest BCUT2D eigenvalue weighted by atomic mass is 19.4. The molecule has 2 aromatic heterocycles. The minimum Gasteiger partial charge on any atom is -0.384 e. The zero-order valence-electron chi connectivity index (χ0n) is 17.4. The minimum atomic E-state index is -4.60. The van der Waals surface area contributed by atoms with E-state index in [-0.39, 0.29) is 29.2 Å². The number of nitrogens with zero attached hydrogens (tertiary/aromatic N) is 5. The second-order valence-electron chi connectivity index (χ2n) is 7.80. The molecule has 0 saturated carbocycles. The van der Waals surface area contributed by atoms with E-state index < -0.39 is 11.7 Å². The van der Waals surface area contributed by atoms with Crippen molar-refractivity contribution in [2.24, 2.45) is 0 Å². The minimum absolute atomic E-state index is 0.00871. The van der Waals surface area contributed by atoms with Crippen LogP contribution >= 0.6 is 0 Å². The van der Waals surface area contributed by atoms with E-state index in [1.165, 1.54) is 0 Å². The van der Waals surface area contributed by atoms with Gasteiger partial charge >= 0.3 is 6.18 Å². The van der Waals surface area contributed by atoms with Gasteiger partial charge in [-0.2, -0.15) is 18.2 Å². The number of hydrogen-bond acceptors (Lipinski definition) is 8. The van der Waals surface area contributed by atoms with Crippen LogP contribution in [0.5, 0.6) is 0 Å². The fourth-order valence-electron chi connectivity index (χ4n) is 3.84. The summed E-state index contributed by atoms with van der Waals surface area (Å²) in [5.74, 6) is 0.723. The lowest BCUT2D eigenvalue weighted by Gasteiger charge is -2.37. The topological polar surface area (TPSA) is 89.6 Å². The highest BCUT2D eigenvalue weighted by molar-refractivity contribution is 5.69. The van der Waals surface area contributed by atoms with Gasteiger partial charge in [-0.15, -0.1) is 0 Å². The number of nitrogens with two attached hydrogens (primary N) is 1. The summed E-state index contributed by atoms with van der Waals surface area (Å²) in [6.07, 6.45) is -3.48. The third kappa shape index (κ3) is 4.52. The Morgan fingerprint density at radius 1 is 1.00 bits per heavy atom. The van der Waals surface area contributed by atoms with Gasteiger partial charge in [-0.25, -0.2) is 9.97 Å². The second-order valence-corrected chi connectivity index (χ2v) is 7.80. The molecule has 2 aliphatic rings. The summed E-state index contributed by atoms with van der Waals surface area (Å²) < 4.78 is 52.3. The van der Waals surface area contributed by atoms with Gasteiger partial charge in [0.15, 0.2) is 0 Å². The molecule has 168 valence electrons. The molecule has 2 saturated heterocycles. The maximum atomic E-state index is 13.8. The van der Waals surface area contributed by atoms with E-state index in [4.69, 9.17) is 20.2 Å². The van der Waals surface area contributed by atoms with E-state index in [1.54, 1.807) is 6.07 Å². The van der Waals surface area contributed by atoms with Crippen molar-refractivity contribution in [1.29, 1.82) is 0 Å². The fourth-order valence-corrected chi connectivity index (χ4v) is 3.84. The van der Waals surface area contributed by atoms with Crippen molar-refractivity contribution < 1.29 is 22.6 Å². The highest BCUT2D eigenvalue weighted by Crippen LogP contribution is 2.38. The van der Waals surface area contributed by atoms with Crippen molar-refractivity contribution in [3.8, 4) is 11.3 Å². The third-order valence-electron chi connectivity index (χ3n) is 5.49. The van der Waals surface area contributed by atoms with Gasteiger partial charge < -0.3 is 25.0 Å². The molecular formula is C20H25F3N6O2. The van der Waals surface area contributed by atoms with Gasteiger partial charge in [-0.3, -0.25) is 0 Å². The predicted octanol–water partition coefficient (Wildman–Crippen LogP) is 2.59. The molecule has 2 fully saturated rings. The van der Waals surface area contributed by atoms with Gasteiger partial charge in [-0.1, -0.05) is 0 Å². The molecular weight excluding hydrogens is 413 g/mol. The Kier molecular flexibility index (Phi) is 5.89. The molecule has 0 spiro atoms. The summed E-state index contributed by atoms with van der Waals surface area (Å²) in [4.78, 5) is 17.1. The SMILES string of the molecule is CC1COCCN1c1cc(-c2cnc(N)cc2C(F)(F)F)nc(N2CCOCC2C)n1. The Bertz CT molecular complexity index is 901. The Morgan fingerprint density at radius 2 is 1.65 bits per heavy atom. The smallest absolute Gasteiger partial charge is 0.384 e. The highest BCUT2D eigenvalue weighted by Gasteiger charge is 2.35. The van der Waals surface area contributed by atoms with E-state index in [1.807, 2.05) is 23.6 Å². The Morgan fingerprint density at radius 3 is 2.26 bits per heavy atom. The summed E-state index contributed by atoms with van der Waals surface area (Å²) in [7, 11) is 0. The predicted molar refractivity (Wildman–Crippen MR) is 110 cm³/mol. The molecule has 0 aliphatic carbocycles. The van der Waals surface area contributed by atoms with Crippen molar-refractivity contribution in [2.45, 2.75) is 32.1 Å². The average molecular weight is 438 g/mol. The normalized spacial score (nSPS) is 22.6. The summed E-state index contributed by atoms with van der Waals surface area (Å²) >= 11 is 0. The van der Waals surface area contributed by atoms with Crippen LogP contribution in [0.25, 0.3) is 11.3 Å². The lowest BCUT2D eigenvalue weighted by molar-refractivity contribution is -0.137. The maximum absolute atomic E-state index is 13.8. The van der Waals surface area contributed by atoms with Crippen LogP contribution in [-0.2, 0) is 15.7 Å². The molecule has 4 rings (SSSR count). The summed E-state index contributed by atoms with van der Waals surface area (Å²) in [5, 5.41) is 0. The van der Waals surface area contributed by atoms with Crippen LogP contribution in [-0.4, -0.2) is 66.6 Å². The van der Waals surface area contributed by atoms with Gasteiger partial charge in [0.1, 0.15) is 11.6 Å². The van der Waals surface area contributed by atoms with Gasteiger partial charge in [0.2, 0.25) is 5.95 Å². The monoisotopic (exact) mass is 438 g/mol. The first-order valence-electron chi connectivity index (χ1n) is 10.1. The number of aromatic nitrogens is 3. The van der Waals surface area contributed by atoms with E-state index in [2.05, 4.69) is 9.97 Å².